The zero-order chi connectivity index (χ0) is 17.9. The lowest BCUT2D eigenvalue weighted by Crippen LogP contribution is -2.14. The number of nitrogens with zero attached hydrogens (tertiary/aromatic N) is 1. The molecule has 0 spiro atoms. The van der Waals surface area contributed by atoms with Crippen molar-refractivity contribution >= 4 is 32.4 Å². The number of nitrogens with one attached hydrogen (secondary N) is 2. The molecule has 0 saturated carbocycles. The molecule has 1 heterocycles. The Morgan fingerprint density at radius 2 is 1.96 bits per heavy atom. The first-order chi connectivity index (χ1) is 11.2. The third-order valence-electron chi connectivity index (χ3n) is 2.93. The molecule has 6 nitrogen and oxygen atoms in total. The van der Waals surface area contributed by atoms with E-state index in [2.05, 4.69) is 15.0 Å². The summed E-state index contributed by atoms with van der Waals surface area (Å²) in [5.41, 5.74) is 0.613. The summed E-state index contributed by atoms with van der Waals surface area (Å²) in [5.74, 6) is -4.38. The topological polar surface area (TPSA) is 95.3 Å². The highest BCUT2D eigenvalue weighted by Gasteiger charge is 2.23. The van der Waals surface area contributed by atoms with Gasteiger partial charge in [0, 0.05) is 17.6 Å². The maximum Gasteiger partial charge on any atom is 0.408 e. The molecule has 0 fully saturated rings. The number of anilines is 2. The number of pyridine rings is 1. The van der Waals surface area contributed by atoms with Gasteiger partial charge in [-0.15, -0.1) is 0 Å². The number of aromatic carboxylic acids is 1. The Bertz CT molecular complexity index is 777. The molecule has 24 heavy (non-hydrogen) atoms. The second-order valence-corrected chi connectivity index (χ2v) is 5.50. The summed E-state index contributed by atoms with van der Waals surface area (Å²) in [6.45, 7) is 1.45. The van der Waals surface area contributed by atoms with E-state index in [-0.39, 0.29) is 28.4 Å². The van der Waals surface area contributed by atoms with E-state index in [9.17, 15) is 18.7 Å². The average Bonchev–Trinajstić information content (AvgIpc) is 2.47. The first kappa shape index (κ1) is 17.7. The molecule has 0 radical (unpaired) electrons. The van der Waals surface area contributed by atoms with Crippen molar-refractivity contribution in [1.82, 2.24) is 4.98 Å². The predicted molar refractivity (Wildman–Crippen MR) is 88.7 cm³/mol. The first-order valence-corrected chi connectivity index (χ1v) is 7.26. The lowest BCUT2D eigenvalue weighted by atomic mass is 10.1. The van der Waals surface area contributed by atoms with Gasteiger partial charge < -0.3 is 20.6 Å². The number of benzene rings is 1. The van der Waals surface area contributed by atoms with Crippen LogP contribution >= 0.6 is 9.24 Å². The van der Waals surface area contributed by atoms with Gasteiger partial charge in [0.05, 0.1) is 11.1 Å². The van der Waals surface area contributed by atoms with Crippen molar-refractivity contribution in [2.45, 2.75) is 12.8 Å². The molecular formula is C15H14F2N3O3P. The molecule has 1 aromatic carbocycles. The van der Waals surface area contributed by atoms with Crippen molar-refractivity contribution in [3.8, 4) is 5.75 Å². The summed E-state index contributed by atoms with van der Waals surface area (Å²) < 4.78 is 29.9. The van der Waals surface area contributed by atoms with Crippen LogP contribution in [0, 0.1) is 5.41 Å². The molecule has 126 valence electrons. The Balaban J connectivity index is 2.30. The SMILES string of the molecule is CC(=N)c1c(C(=O)O)ccnc1Nc1ccc(OC(F)(F)P)cc1. The largest absolute Gasteiger partial charge is 0.478 e. The van der Waals surface area contributed by atoms with Gasteiger partial charge in [-0.2, -0.15) is 8.78 Å². The Kier molecular flexibility index (Phi) is 5.09. The Morgan fingerprint density at radius 3 is 2.46 bits per heavy atom. The molecule has 0 aliphatic carbocycles. The van der Waals surface area contributed by atoms with Gasteiger partial charge in [0.2, 0.25) is 0 Å². The standard InChI is InChI=1S/C15H14F2N3O3P/c1-8(18)12-11(14(21)22)6-7-19-13(12)20-9-2-4-10(5-3-9)23-15(16,17)24/h2-7,18H,24H2,1H3,(H,19,20)(H,21,22). The summed E-state index contributed by atoms with van der Waals surface area (Å²) in [5, 5.41) is 19.8. The number of carboxylic acid groups (broad SMARTS) is 1. The number of carbonyl (C=O) groups is 1. The van der Waals surface area contributed by atoms with Crippen LogP contribution in [0.2, 0.25) is 0 Å². The van der Waals surface area contributed by atoms with Gasteiger partial charge in [-0.3, -0.25) is 0 Å². The van der Waals surface area contributed by atoms with Gasteiger partial charge in [0.1, 0.15) is 11.6 Å². The third kappa shape index (κ3) is 4.45. The molecule has 0 aliphatic heterocycles. The molecule has 0 saturated heterocycles. The summed E-state index contributed by atoms with van der Waals surface area (Å²) in [7, 11) is 1.28. The lowest BCUT2D eigenvalue weighted by Gasteiger charge is -2.14. The molecule has 9 heteroatoms. The Labute approximate surface area is 138 Å². The van der Waals surface area contributed by atoms with Gasteiger partial charge in [0.15, 0.2) is 0 Å². The van der Waals surface area contributed by atoms with Crippen LogP contribution in [0.4, 0.5) is 20.3 Å². The van der Waals surface area contributed by atoms with E-state index in [0.717, 1.165) is 0 Å². The maximum atomic E-state index is 12.8. The van der Waals surface area contributed by atoms with E-state index in [4.69, 9.17) is 5.41 Å². The van der Waals surface area contributed by atoms with Crippen LogP contribution in [0.1, 0.15) is 22.8 Å². The minimum Gasteiger partial charge on any atom is -0.478 e. The van der Waals surface area contributed by atoms with Crippen LogP contribution in [0.3, 0.4) is 0 Å². The van der Waals surface area contributed by atoms with Crippen molar-refractivity contribution in [3.63, 3.8) is 0 Å². The smallest absolute Gasteiger partial charge is 0.408 e. The van der Waals surface area contributed by atoms with Crippen molar-refractivity contribution in [1.29, 1.82) is 5.41 Å². The number of hydrogen-bond acceptors (Lipinski definition) is 5. The number of alkyl halides is 2. The summed E-state index contributed by atoms with van der Waals surface area (Å²) in [6.07, 6.45) is 1.31. The van der Waals surface area contributed by atoms with Crippen LogP contribution in [0.25, 0.3) is 0 Å². The molecule has 2 rings (SSSR count). The molecule has 1 aromatic heterocycles. The number of rotatable bonds is 6. The highest BCUT2D eigenvalue weighted by atomic mass is 31.0. The normalized spacial score (nSPS) is 11.0. The van der Waals surface area contributed by atoms with Gasteiger partial charge in [0.25, 0.3) is 0 Å². The third-order valence-corrected chi connectivity index (χ3v) is 3.05. The predicted octanol–water partition coefficient (Wildman–Crippen LogP) is 3.72. The molecule has 0 aliphatic rings. The fourth-order valence-corrected chi connectivity index (χ4v) is 2.15. The fourth-order valence-electron chi connectivity index (χ4n) is 2.01. The van der Waals surface area contributed by atoms with Crippen molar-refractivity contribution < 1.29 is 23.4 Å². The van der Waals surface area contributed by atoms with Crippen molar-refractivity contribution in [3.05, 3.63) is 47.7 Å². The molecular weight excluding hydrogens is 339 g/mol. The number of hydrogen-bond donors (Lipinski definition) is 3. The number of halogens is 2. The monoisotopic (exact) mass is 353 g/mol. The fraction of sp³-hybridized carbons (Fsp3) is 0.133. The van der Waals surface area contributed by atoms with E-state index >= 15 is 0 Å². The van der Waals surface area contributed by atoms with Crippen LogP contribution in [0.5, 0.6) is 5.75 Å². The van der Waals surface area contributed by atoms with Crippen LogP contribution in [-0.2, 0) is 0 Å². The quantitative estimate of drug-likeness (QED) is 0.543. The van der Waals surface area contributed by atoms with Crippen molar-refractivity contribution in [2.24, 2.45) is 0 Å². The Hall–Kier alpha value is -2.60. The van der Waals surface area contributed by atoms with Gasteiger partial charge >= 0.3 is 11.8 Å². The number of ether oxygens (including phenoxy) is 1. The molecule has 1 atom stereocenters. The van der Waals surface area contributed by atoms with Crippen LogP contribution < -0.4 is 10.1 Å². The zero-order valence-corrected chi connectivity index (χ0v) is 13.7. The minimum absolute atomic E-state index is 0.0312. The highest BCUT2D eigenvalue weighted by molar-refractivity contribution is 7.17. The van der Waals surface area contributed by atoms with E-state index < -0.39 is 11.8 Å². The second kappa shape index (κ2) is 6.88. The van der Waals surface area contributed by atoms with E-state index in [1.165, 1.54) is 52.7 Å². The highest BCUT2D eigenvalue weighted by Crippen LogP contribution is 2.29. The summed E-state index contributed by atoms with van der Waals surface area (Å²) in [6, 6.07) is 6.92. The average molecular weight is 353 g/mol. The number of aromatic nitrogens is 1. The number of carboxylic acids is 1. The van der Waals surface area contributed by atoms with Crippen molar-refractivity contribution in [2.75, 3.05) is 5.32 Å². The zero-order valence-electron chi connectivity index (χ0n) is 12.5. The van der Waals surface area contributed by atoms with Gasteiger partial charge in [-0.05, 0) is 46.5 Å². The lowest BCUT2D eigenvalue weighted by molar-refractivity contribution is -0.0892. The minimum atomic E-state index is -3.36. The second-order valence-electron chi connectivity index (χ2n) is 4.83. The molecule has 0 bridgehead atoms. The van der Waals surface area contributed by atoms with Gasteiger partial charge in [-0.1, -0.05) is 0 Å². The molecule has 2 aromatic rings. The van der Waals surface area contributed by atoms with E-state index in [1.807, 2.05) is 0 Å². The Morgan fingerprint density at radius 1 is 1.33 bits per heavy atom. The first-order valence-electron chi connectivity index (χ1n) is 6.68. The molecule has 1 unspecified atom stereocenters. The van der Waals surface area contributed by atoms with Crippen LogP contribution in [-0.4, -0.2) is 27.6 Å². The molecule has 0 amide bonds. The summed E-state index contributed by atoms with van der Waals surface area (Å²) in [4.78, 5) is 15.3. The van der Waals surface area contributed by atoms with E-state index in [0.29, 0.717) is 5.69 Å². The van der Waals surface area contributed by atoms with E-state index in [1.54, 1.807) is 0 Å². The maximum absolute atomic E-state index is 12.8. The molecule has 3 N–H and O–H groups in total. The van der Waals surface area contributed by atoms with Crippen LogP contribution in [0.15, 0.2) is 36.5 Å². The summed E-state index contributed by atoms with van der Waals surface area (Å²) >= 11 is 0. The van der Waals surface area contributed by atoms with Gasteiger partial charge in [-0.25, -0.2) is 9.78 Å².